The zero-order valence-corrected chi connectivity index (χ0v) is 15.1. The van der Waals surface area contributed by atoms with Crippen LogP contribution in [-0.4, -0.2) is 20.5 Å². The fourth-order valence-electron chi connectivity index (χ4n) is 2.46. The van der Waals surface area contributed by atoms with Crippen molar-refractivity contribution in [3.63, 3.8) is 0 Å². The van der Waals surface area contributed by atoms with Gasteiger partial charge in [-0.05, 0) is 36.4 Å². The Balaban J connectivity index is 2.05. The lowest BCUT2D eigenvalue weighted by Gasteiger charge is -2.16. The molecular weight excluding hydrogens is 399 g/mol. The van der Waals surface area contributed by atoms with E-state index >= 15 is 0 Å². The van der Waals surface area contributed by atoms with Gasteiger partial charge in [-0.3, -0.25) is 9.71 Å². The van der Waals surface area contributed by atoms with Crippen LogP contribution in [0.1, 0.15) is 5.56 Å². The highest BCUT2D eigenvalue weighted by molar-refractivity contribution is 7.90. The van der Waals surface area contributed by atoms with Gasteiger partial charge < -0.3 is 9.47 Å². The fraction of sp³-hybridized carbons (Fsp3) is 0.118. The van der Waals surface area contributed by atoms with Gasteiger partial charge in [0, 0.05) is 23.3 Å². The third kappa shape index (κ3) is 4.43. The number of nitrogens with two attached hydrogens (primary N) is 1. The highest BCUT2D eigenvalue weighted by Gasteiger charge is 2.36. The molecule has 1 heterocycles. The Kier molecular flexibility index (Phi) is 5.04. The summed E-state index contributed by atoms with van der Waals surface area (Å²) < 4.78 is 75.0. The fourth-order valence-corrected chi connectivity index (χ4v) is 2.92. The van der Waals surface area contributed by atoms with Crippen molar-refractivity contribution >= 4 is 26.8 Å². The van der Waals surface area contributed by atoms with Crippen LogP contribution in [0.3, 0.4) is 0 Å². The van der Waals surface area contributed by atoms with Crippen molar-refractivity contribution < 1.29 is 31.1 Å². The van der Waals surface area contributed by atoms with E-state index in [4.69, 9.17) is 14.6 Å². The van der Waals surface area contributed by atoms with Crippen molar-refractivity contribution in [3.05, 3.63) is 54.2 Å². The topological polar surface area (TPSA) is 104 Å². The normalized spacial score (nSPS) is 12.0. The molecule has 2 aromatic carbocycles. The minimum absolute atomic E-state index is 0.0637. The largest absolute Gasteiger partial charge is 0.497 e. The molecule has 11 heteroatoms. The number of alkyl halides is 3. The Labute approximate surface area is 158 Å². The van der Waals surface area contributed by atoms with E-state index in [0.717, 1.165) is 0 Å². The van der Waals surface area contributed by atoms with Crippen molar-refractivity contribution in [1.29, 1.82) is 0 Å². The third-order valence-corrected chi connectivity index (χ3v) is 4.19. The molecule has 0 atom stereocenters. The van der Waals surface area contributed by atoms with Gasteiger partial charge in [0.15, 0.2) is 5.75 Å². The van der Waals surface area contributed by atoms with Gasteiger partial charge in [0.05, 0.1) is 12.6 Å². The molecule has 0 saturated carbocycles. The molecule has 0 fully saturated rings. The summed E-state index contributed by atoms with van der Waals surface area (Å²) in [5.41, 5.74) is -0.651. The summed E-state index contributed by atoms with van der Waals surface area (Å²) in [6.07, 6.45) is -4.00. The number of pyridine rings is 1. The number of ether oxygens (including phenoxy) is 2. The van der Waals surface area contributed by atoms with Gasteiger partial charge in [0.25, 0.3) is 10.2 Å². The number of nitrogens with zero attached hydrogens (tertiary/aromatic N) is 1. The minimum atomic E-state index is -4.69. The van der Waals surface area contributed by atoms with Crippen molar-refractivity contribution in [3.8, 4) is 17.2 Å². The SMILES string of the molecule is COc1ccc2c(Oc3ccc(NS(N)(=O)=O)cc3)c(C(F)(F)F)cnc2c1. The Morgan fingerprint density at radius 3 is 2.29 bits per heavy atom. The standard InChI is InChI=1S/C17H14F3N3O4S/c1-26-12-6-7-13-15(8-12)22-9-14(17(18,19)20)16(13)27-11-4-2-10(3-5-11)23-28(21,24)25/h2-9,23H,1H3,(H2,21,24,25). The third-order valence-electron chi connectivity index (χ3n) is 3.67. The number of nitrogens with one attached hydrogen (secondary N) is 1. The summed E-state index contributed by atoms with van der Waals surface area (Å²) in [5.74, 6) is 0.0743. The monoisotopic (exact) mass is 413 g/mol. The molecule has 28 heavy (non-hydrogen) atoms. The zero-order valence-electron chi connectivity index (χ0n) is 14.3. The number of methoxy groups -OCH3 is 1. The number of halogens is 3. The molecule has 0 amide bonds. The lowest BCUT2D eigenvalue weighted by molar-refractivity contribution is -0.138. The van der Waals surface area contributed by atoms with Gasteiger partial charge in [-0.25, -0.2) is 5.14 Å². The van der Waals surface area contributed by atoms with E-state index in [0.29, 0.717) is 11.9 Å². The highest BCUT2D eigenvalue weighted by Crippen LogP contribution is 2.42. The van der Waals surface area contributed by atoms with E-state index in [1.54, 1.807) is 0 Å². The summed E-state index contributed by atoms with van der Waals surface area (Å²) in [6.45, 7) is 0. The molecule has 7 nitrogen and oxygen atoms in total. The van der Waals surface area contributed by atoms with E-state index < -0.39 is 27.7 Å². The van der Waals surface area contributed by atoms with Crippen LogP contribution in [0.4, 0.5) is 18.9 Å². The number of hydrogen-bond donors (Lipinski definition) is 2. The number of aromatic nitrogens is 1. The Bertz CT molecular complexity index is 1120. The average Bonchev–Trinajstić information content (AvgIpc) is 2.60. The van der Waals surface area contributed by atoms with E-state index in [9.17, 15) is 21.6 Å². The molecule has 148 valence electrons. The number of benzene rings is 2. The predicted octanol–water partition coefficient (Wildman–Crippen LogP) is 3.67. The van der Waals surface area contributed by atoms with E-state index in [1.807, 2.05) is 4.72 Å². The summed E-state index contributed by atoms with van der Waals surface area (Å²) in [5, 5.41) is 5.01. The van der Waals surface area contributed by atoms with Crippen molar-refractivity contribution in [2.45, 2.75) is 6.18 Å². The predicted molar refractivity (Wildman–Crippen MR) is 96.5 cm³/mol. The second-order valence-corrected chi connectivity index (χ2v) is 6.95. The molecule has 0 aliphatic carbocycles. The molecule has 0 aliphatic rings. The minimum Gasteiger partial charge on any atom is -0.497 e. The summed E-state index contributed by atoms with van der Waals surface area (Å²) in [6, 6.07) is 9.63. The number of anilines is 1. The molecule has 3 aromatic rings. The first-order valence-electron chi connectivity index (χ1n) is 7.69. The van der Waals surface area contributed by atoms with Crippen molar-refractivity contribution in [2.75, 3.05) is 11.8 Å². The van der Waals surface area contributed by atoms with Crippen LogP contribution in [0.5, 0.6) is 17.2 Å². The smallest absolute Gasteiger partial charge is 0.421 e. The Morgan fingerprint density at radius 1 is 1.07 bits per heavy atom. The van der Waals surface area contributed by atoms with Crippen molar-refractivity contribution in [1.82, 2.24) is 4.98 Å². The summed E-state index contributed by atoms with van der Waals surface area (Å²) in [7, 11) is -2.54. The second-order valence-electron chi connectivity index (χ2n) is 5.66. The van der Waals surface area contributed by atoms with Gasteiger partial charge in [0.1, 0.15) is 17.1 Å². The van der Waals surface area contributed by atoms with Crippen LogP contribution in [0.25, 0.3) is 10.9 Å². The molecule has 0 radical (unpaired) electrons. The Morgan fingerprint density at radius 2 is 1.71 bits per heavy atom. The molecule has 0 spiro atoms. The molecule has 3 rings (SSSR count). The average molecular weight is 413 g/mol. The van der Waals surface area contributed by atoms with E-state index in [1.165, 1.54) is 49.6 Å². The zero-order chi connectivity index (χ0) is 20.5. The highest BCUT2D eigenvalue weighted by atomic mass is 32.2. The molecular formula is C17H14F3N3O4S. The summed E-state index contributed by atoms with van der Waals surface area (Å²) in [4.78, 5) is 3.84. The van der Waals surface area contributed by atoms with Gasteiger partial charge in [-0.15, -0.1) is 0 Å². The van der Waals surface area contributed by atoms with Crippen molar-refractivity contribution in [2.24, 2.45) is 5.14 Å². The van der Waals surface area contributed by atoms with E-state index in [2.05, 4.69) is 4.98 Å². The van der Waals surface area contributed by atoms with Crippen LogP contribution in [0.15, 0.2) is 48.7 Å². The first kappa shape index (κ1) is 19.7. The van der Waals surface area contributed by atoms with Crippen LogP contribution in [-0.2, 0) is 16.4 Å². The van der Waals surface area contributed by atoms with Gasteiger partial charge in [0.2, 0.25) is 0 Å². The van der Waals surface area contributed by atoms with Crippen LogP contribution >= 0.6 is 0 Å². The maximum atomic E-state index is 13.4. The van der Waals surface area contributed by atoms with E-state index in [-0.39, 0.29) is 22.3 Å². The number of hydrogen-bond acceptors (Lipinski definition) is 5. The maximum absolute atomic E-state index is 13.4. The van der Waals surface area contributed by atoms with Gasteiger partial charge in [-0.2, -0.15) is 21.6 Å². The molecule has 0 aliphatic heterocycles. The molecule has 3 N–H and O–H groups in total. The second kappa shape index (κ2) is 7.17. The summed E-state index contributed by atoms with van der Waals surface area (Å²) >= 11 is 0. The number of fused-ring (bicyclic) bond motifs is 1. The van der Waals surface area contributed by atoms with Gasteiger partial charge in [-0.1, -0.05) is 0 Å². The van der Waals surface area contributed by atoms with Crippen LogP contribution in [0.2, 0.25) is 0 Å². The molecule has 0 saturated heterocycles. The quantitative estimate of drug-likeness (QED) is 0.664. The molecule has 1 aromatic heterocycles. The van der Waals surface area contributed by atoms with Gasteiger partial charge >= 0.3 is 6.18 Å². The lowest BCUT2D eigenvalue weighted by atomic mass is 10.1. The lowest BCUT2D eigenvalue weighted by Crippen LogP contribution is -2.21. The van der Waals surface area contributed by atoms with Crippen LogP contribution in [0, 0.1) is 0 Å². The Hall–Kier alpha value is -3.05. The maximum Gasteiger partial charge on any atom is 0.421 e. The molecule has 0 unspecified atom stereocenters. The molecule has 0 bridgehead atoms. The first-order chi connectivity index (χ1) is 13.1. The first-order valence-corrected chi connectivity index (χ1v) is 9.24. The van der Waals surface area contributed by atoms with Crippen LogP contribution < -0.4 is 19.3 Å². The number of rotatable bonds is 5.